The van der Waals surface area contributed by atoms with Gasteiger partial charge in [0.1, 0.15) is 11.6 Å². The first-order chi connectivity index (χ1) is 17.0. The van der Waals surface area contributed by atoms with Crippen LogP contribution < -0.4 is 19.9 Å². The summed E-state index contributed by atoms with van der Waals surface area (Å²) in [7, 11) is 3.77. The summed E-state index contributed by atoms with van der Waals surface area (Å²) in [5, 5.41) is 2.82. The number of carbonyl (C=O) groups is 2. The molecule has 5 rings (SSSR count). The van der Waals surface area contributed by atoms with Gasteiger partial charge in [-0.1, -0.05) is 42.5 Å². The Labute approximate surface area is 203 Å². The van der Waals surface area contributed by atoms with Crippen molar-refractivity contribution in [2.75, 3.05) is 29.2 Å². The number of nitrogens with one attached hydrogen (secondary N) is 1. The summed E-state index contributed by atoms with van der Waals surface area (Å²) < 4.78 is 6.09. The maximum Gasteiger partial charge on any atom is 0.260 e. The lowest BCUT2D eigenvalue weighted by Gasteiger charge is -2.22. The molecule has 4 aromatic rings. The van der Waals surface area contributed by atoms with Crippen LogP contribution in [-0.2, 0) is 6.54 Å². The summed E-state index contributed by atoms with van der Waals surface area (Å²) in [6, 6.07) is 25.8. The minimum atomic E-state index is -0.268. The van der Waals surface area contributed by atoms with E-state index < -0.39 is 0 Å². The first-order valence-corrected chi connectivity index (χ1v) is 11.2. The van der Waals surface area contributed by atoms with Crippen LogP contribution in [0.25, 0.3) is 0 Å². The van der Waals surface area contributed by atoms with E-state index in [0.29, 0.717) is 34.9 Å². The van der Waals surface area contributed by atoms with Crippen molar-refractivity contribution in [2.24, 2.45) is 0 Å². The van der Waals surface area contributed by atoms with E-state index in [1.807, 2.05) is 85.7 Å². The fraction of sp³-hybridized carbons (Fsp3) is 0.107. The number of ether oxygens (including phenoxy) is 1. The zero-order valence-corrected chi connectivity index (χ0v) is 19.4. The third-order valence-electron chi connectivity index (χ3n) is 5.80. The van der Waals surface area contributed by atoms with Gasteiger partial charge in [-0.05, 0) is 42.5 Å². The smallest absolute Gasteiger partial charge is 0.260 e. The third-order valence-corrected chi connectivity index (χ3v) is 5.80. The van der Waals surface area contributed by atoms with Crippen molar-refractivity contribution in [2.45, 2.75) is 6.54 Å². The molecule has 1 aromatic heterocycles. The lowest BCUT2D eigenvalue weighted by atomic mass is 10.1. The van der Waals surface area contributed by atoms with E-state index in [2.05, 4.69) is 10.3 Å². The molecule has 1 aliphatic rings. The molecule has 0 saturated heterocycles. The van der Waals surface area contributed by atoms with Gasteiger partial charge >= 0.3 is 0 Å². The highest BCUT2D eigenvalue weighted by atomic mass is 16.5. The van der Waals surface area contributed by atoms with Gasteiger partial charge < -0.3 is 19.9 Å². The standard InChI is InChI=1S/C28H24N4O3/c1-31(2)22-11-5-4-10-21(22)27(33)30-26-16-15-19(17-29-26)28(34)32-18-20-9-3-7-13-24(20)35-25-14-8-6-12-23(25)32/h3-17H,18H2,1-2H3,(H,29,30,33). The van der Waals surface area contributed by atoms with E-state index in [0.717, 1.165) is 17.0 Å². The number of rotatable bonds is 4. The molecule has 0 bridgehead atoms. The number of anilines is 3. The second-order valence-electron chi connectivity index (χ2n) is 8.37. The fourth-order valence-electron chi connectivity index (χ4n) is 4.05. The van der Waals surface area contributed by atoms with Crippen LogP contribution in [0.5, 0.6) is 11.5 Å². The number of hydrogen-bond donors (Lipinski definition) is 1. The normalized spacial score (nSPS) is 12.0. The van der Waals surface area contributed by atoms with Gasteiger partial charge in [0.25, 0.3) is 11.8 Å². The number of nitrogens with zero attached hydrogens (tertiary/aromatic N) is 3. The molecule has 7 heteroatoms. The van der Waals surface area contributed by atoms with E-state index in [4.69, 9.17) is 4.74 Å². The molecule has 0 aliphatic carbocycles. The molecule has 2 amide bonds. The lowest BCUT2D eigenvalue weighted by molar-refractivity contribution is 0.0984. The van der Waals surface area contributed by atoms with Gasteiger partial charge in [0.2, 0.25) is 0 Å². The maximum atomic E-state index is 13.5. The van der Waals surface area contributed by atoms with E-state index in [1.54, 1.807) is 23.1 Å². The molecule has 174 valence electrons. The molecule has 0 unspecified atom stereocenters. The Kier molecular flexibility index (Phi) is 5.89. The first-order valence-electron chi connectivity index (χ1n) is 11.2. The van der Waals surface area contributed by atoms with Crippen molar-refractivity contribution in [3.63, 3.8) is 0 Å². The molecule has 2 heterocycles. The lowest BCUT2D eigenvalue weighted by Crippen LogP contribution is -2.30. The van der Waals surface area contributed by atoms with Crippen molar-refractivity contribution in [3.05, 3.63) is 108 Å². The minimum absolute atomic E-state index is 0.207. The number of carbonyl (C=O) groups excluding carboxylic acids is 2. The molecule has 3 aromatic carbocycles. The molecule has 0 saturated carbocycles. The van der Waals surface area contributed by atoms with E-state index in [9.17, 15) is 9.59 Å². The predicted molar refractivity (Wildman–Crippen MR) is 136 cm³/mol. The summed E-state index contributed by atoms with van der Waals surface area (Å²) in [6.07, 6.45) is 1.48. The van der Waals surface area contributed by atoms with Crippen LogP contribution >= 0.6 is 0 Å². The van der Waals surface area contributed by atoms with Crippen LogP contribution in [0.4, 0.5) is 17.2 Å². The third kappa shape index (κ3) is 4.44. The van der Waals surface area contributed by atoms with Gasteiger partial charge in [-0.25, -0.2) is 4.98 Å². The number of benzene rings is 3. The second kappa shape index (κ2) is 9.30. The van der Waals surface area contributed by atoms with Crippen LogP contribution in [0.3, 0.4) is 0 Å². The van der Waals surface area contributed by atoms with Crippen molar-refractivity contribution < 1.29 is 14.3 Å². The average Bonchev–Trinajstić information content (AvgIpc) is 3.05. The zero-order chi connectivity index (χ0) is 24.4. The molecular formula is C28H24N4O3. The highest BCUT2D eigenvalue weighted by molar-refractivity contribution is 6.09. The van der Waals surface area contributed by atoms with Crippen molar-refractivity contribution in [1.29, 1.82) is 0 Å². The number of pyridine rings is 1. The van der Waals surface area contributed by atoms with Crippen LogP contribution in [0.2, 0.25) is 0 Å². The number of aromatic nitrogens is 1. The quantitative estimate of drug-likeness (QED) is 0.441. The molecule has 0 fully saturated rings. The Hall–Kier alpha value is -4.65. The highest BCUT2D eigenvalue weighted by Gasteiger charge is 2.26. The molecule has 35 heavy (non-hydrogen) atoms. The average molecular weight is 465 g/mol. The largest absolute Gasteiger partial charge is 0.455 e. The second-order valence-corrected chi connectivity index (χ2v) is 8.37. The topological polar surface area (TPSA) is 74.8 Å². The van der Waals surface area contributed by atoms with Gasteiger partial charge in [-0.3, -0.25) is 9.59 Å². The molecular weight excluding hydrogens is 440 g/mol. The van der Waals surface area contributed by atoms with Crippen LogP contribution in [-0.4, -0.2) is 30.9 Å². The van der Waals surface area contributed by atoms with E-state index in [-0.39, 0.29) is 11.8 Å². The number of amides is 2. The Bertz CT molecular complexity index is 1400. The molecule has 1 aliphatic heterocycles. The van der Waals surface area contributed by atoms with Gasteiger partial charge in [-0.2, -0.15) is 0 Å². The molecule has 0 radical (unpaired) electrons. The summed E-state index contributed by atoms with van der Waals surface area (Å²) in [4.78, 5) is 34.3. The molecule has 7 nitrogen and oxygen atoms in total. The molecule has 0 atom stereocenters. The maximum absolute atomic E-state index is 13.5. The number of fused-ring (bicyclic) bond motifs is 2. The van der Waals surface area contributed by atoms with Crippen molar-refractivity contribution >= 4 is 29.0 Å². The van der Waals surface area contributed by atoms with Crippen LogP contribution in [0, 0.1) is 0 Å². The minimum Gasteiger partial charge on any atom is -0.455 e. The van der Waals surface area contributed by atoms with Gasteiger partial charge in [0, 0.05) is 31.5 Å². The first kappa shape index (κ1) is 22.2. The summed E-state index contributed by atoms with van der Waals surface area (Å²) in [5.41, 5.74) is 3.35. The predicted octanol–water partition coefficient (Wildman–Crippen LogP) is 5.35. The van der Waals surface area contributed by atoms with Gasteiger partial charge in [0.05, 0.1) is 23.4 Å². The Morgan fingerprint density at radius 3 is 2.37 bits per heavy atom. The number of para-hydroxylation sites is 4. The van der Waals surface area contributed by atoms with Crippen LogP contribution in [0.1, 0.15) is 26.3 Å². The summed E-state index contributed by atoms with van der Waals surface area (Å²) in [5.74, 6) is 1.23. The van der Waals surface area contributed by atoms with Crippen LogP contribution in [0.15, 0.2) is 91.1 Å². The van der Waals surface area contributed by atoms with E-state index >= 15 is 0 Å². The van der Waals surface area contributed by atoms with Crippen molar-refractivity contribution in [3.8, 4) is 11.5 Å². The number of hydrogen-bond acceptors (Lipinski definition) is 5. The van der Waals surface area contributed by atoms with Crippen molar-refractivity contribution in [1.82, 2.24) is 4.98 Å². The van der Waals surface area contributed by atoms with E-state index in [1.165, 1.54) is 6.20 Å². The molecule has 0 spiro atoms. The Balaban J connectivity index is 1.39. The molecule has 1 N–H and O–H groups in total. The Morgan fingerprint density at radius 2 is 1.60 bits per heavy atom. The van der Waals surface area contributed by atoms with Gasteiger partial charge in [0.15, 0.2) is 5.75 Å². The highest BCUT2D eigenvalue weighted by Crippen LogP contribution is 2.39. The van der Waals surface area contributed by atoms with Gasteiger partial charge in [-0.15, -0.1) is 0 Å². The monoisotopic (exact) mass is 464 g/mol. The summed E-state index contributed by atoms with van der Waals surface area (Å²) >= 11 is 0. The SMILES string of the molecule is CN(C)c1ccccc1C(=O)Nc1ccc(C(=O)N2Cc3ccccc3Oc3ccccc32)cn1. The zero-order valence-electron chi connectivity index (χ0n) is 19.4. The fourth-order valence-corrected chi connectivity index (χ4v) is 4.05. The summed E-state index contributed by atoms with van der Waals surface area (Å²) in [6.45, 7) is 0.367. The Morgan fingerprint density at radius 1 is 0.886 bits per heavy atom.